The zero-order valence-electron chi connectivity index (χ0n) is 12.1. The monoisotopic (exact) mass is 358 g/mol. The van der Waals surface area contributed by atoms with Crippen LogP contribution in [0.5, 0.6) is 5.75 Å². The Morgan fingerprint density at radius 3 is 2.73 bits per heavy atom. The highest BCUT2D eigenvalue weighted by atomic mass is 79.9. The summed E-state index contributed by atoms with van der Waals surface area (Å²) >= 11 is 3.43. The second kappa shape index (κ2) is 6.32. The van der Waals surface area contributed by atoms with Crippen LogP contribution in [0.1, 0.15) is 23.6 Å². The summed E-state index contributed by atoms with van der Waals surface area (Å²) in [6.07, 6.45) is 2.16. The van der Waals surface area contributed by atoms with E-state index in [0.29, 0.717) is 6.42 Å². The summed E-state index contributed by atoms with van der Waals surface area (Å²) in [4.78, 5) is 11.8. The van der Waals surface area contributed by atoms with E-state index in [9.17, 15) is 4.79 Å². The third-order valence-electron chi connectivity index (χ3n) is 3.62. The second-order valence-electron chi connectivity index (χ2n) is 5.00. The number of hydrazone groups is 1. The fraction of sp³-hybridized carbons (Fsp3) is 0.176. The molecule has 2 aromatic rings. The zero-order chi connectivity index (χ0) is 15.5. The number of ether oxygens (including phenoxy) is 1. The predicted molar refractivity (Wildman–Crippen MR) is 88.9 cm³/mol. The van der Waals surface area contributed by atoms with E-state index in [1.165, 1.54) is 5.01 Å². The number of hydrogen-bond donors (Lipinski definition) is 0. The lowest BCUT2D eigenvalue weighted by molar-refractivity contribution is -0.146. The first-order chi connectivity index (χ1) is 10.7. The number of nitrogens with zero attached hydrogens (tertiary/aromatic N) is 2. The first kappa shape index (κ1) is 14.8. The summed E-state index contributed by atoms with van der Waals surface area (Å²) in [6, 6.07) is 15.6. The van der Waals surface area contributed by atoms with E-state index in [1.807, 2.05) is 48.5 Å². The summed E-state index contributed by atoms with van der Waals surface area (Å²) in [6.45, 7) is 0. The standard InChI is InChI=1S/C17H15BrN2O2/c1-22-16-8-7-14(18)9-13(16)11-19-20-15(10-17(20)21)12-5-3-2-4-6-12/h2-9,11,15H,10H2,1H3/b19-11-/t15-/m1/s1. The van der Waals surface area contributed by atoms with Crippen LogP contribution in [0.3, 0.4) is 0 Å². The second-order valence-corrected chi connectivity index (χ2v) is 5.92. The molecule has 0 saturated carbocycles. The van der Waals surface area contributed by atoms with Gasteiger partial charge in [-0.3, -0.25) is 4.79 Å². The Bertz CT molecular complexity index is 716. The third kappa shape index (κ3) is 2.90. The Morgan fingerprint density at radius 2 is 2.05 bits per heavy atom. The molecule has 1 aliphatic heterocycles. The van der Waals surface area contributed by atoms with Gasteiger partial charge in [-0.05, 0) is 23.8 Å². The number of hydrogen-bond acceptors (Lipinski definition) is 3. The van der Waals surface area contributed by atoms with Crippen molar-refractivity contribution >= 4 is 28.1 Å². The molecule has 0 spiro atoms. The lowest BCUT2D eigenvalue weighted by Gasteiger charge is -2.36. The molecule has 1 fully saturated rings. The molecule has 5 heteroatoms. The minimum absolute atomic E-state index is 0.0168. The highest BCUT2D eigenvalue weighted by Crippen LogP contribution is 2.34. The first-order valence-corrected chi connectivity index (χ1v) is 7.73. The molecule has 0 unspecified atom stereocenters. The summed E-state index contributed by atoms with van der Waals surface area (Å²) in [5.74, 6) is 0.746. The lowest BCUT2D eigenvalue weighted by atomic mass is 9.96. The van der Waals surface area contributed by atoms with Crippen LogP contribution in [0.2, 0.25) is 0 Å². The molecule has 22 heavy (non-hydrogen) atoms. The number of rotatable bonds is 4. The van der Waals surface area contributed by atoms with Crippen LogP contribution in [0.4, 0.5) is 0 Å². The van der Waals surface area contributed by atoms with Gasteiger partial charge < -0.3 is 4.74 Å². The van der Waals surface area contributed by atoms with E-state index >= 15 is 0 Å². The first-order valence-electron chi connectivity index (χ1n) is 6.93. The van der Waals surface area contributed by atoms with Crippen LogP contribution in [0, 0.1) is 0 Å². The van der Waals surface area contributed by atoms with Gasteiger partial charge in [0, 0.05) is 10.0 Å². The van der Waals surface area contributed by atoms with E-state index in [2.05, 4.69) is 21.0 Å². The zero-order valence-corrected chi connectivity index (χ0v) is 13.7. The molecule has 2 aromatic carbocycles. The lowest BCUT2D eigenvalue weighted by Crippen LogP contribution is -2.42. The Kier molecular flexibility index (Phi) is 4.24. The van der Waals surface area contributed by atoms with Gasteiger partial charge in [0.15, 0.2) is 0 Å². The number of carbonyl (C=O) groups is 1. The van der Waals surface area contributed by atoms with Crippen LogP contribution in [0.15, 0.2) is 58.1 Å². The molecule has 0 N–H and O–H groups in total. The van der Waals surface area contributed by atoms with Crippen LogP contribution in [-0.4, -0.2) is 24.2 Å². The average molecular weight is 359 g/mol. The van der Waals surface area contributed by atoms with Crippen molar-refractivity contribution in [2.45, 2.75) is 12.5 Å². The molecule has 0 aromatic heterocycles. The Labute approximate surface area is 137 Å². The normalized spacial score (nSPS) is 17.6. The third-order valence-corrected chi connectivity index (χ3v) is 4.11. The molecule has 0 radical (unpaired) electrons. The minimum Gasteiger partial charge on any atom is -0.496 e. The smallest absolute Gasteiger partial charge is 0.245 e. The minimum atomic E-state index is 0.0168. The van der Waals surface area contributed by atoms with Gasteiger partial charge >= 0.3 is 0 Å². The maximum Gasteiger partial charge on any atom is 0.245 e. The molecule has 1 saturated heterocycles. The van der Waals surface area contributed by atoms with E-state index in [-0.39, 0.29) is 11.9 Å². The van der Waals surface area contributed by atoms with Crippen molar-refractivity contribution in [2.75, 3.05) is 7.11 Å². The number of halogens is 1. The molecule has 1 aliphatic rings. The van der Waals surface area contributed by atoms with Gasteiger partial charge in [0.05, 0.1) is 25.8 Å². The molecule has 1 atom stereocenters. The SMILES string of the molecule is COc1ccc(Br)cc1/C=N\N1C(=O)C[C@@H]1c1ccccc1. The molecule has 0 aliphatic carbocycles. The van der Waals surface area contributed by atoms with Crippen molar-refractivity contribution in [3.63, 3.8) is 0 Å². The van der Waals surface area contributed by atoms with Gasteiger partial charge in [0.25, 0.3) is 0 Å². The van der Waals surface area contributed by atoms with Crippen molar-refractivity contribution in [2.24, 2.45) is 5.10 Å². The van der Waals surface area contributed by atoms with Crippen molar-refractivity contribution in [3.8, 4) is 5.75 Å². The average Bonchev–Trinajstić information content (AvgIpc) is 2.53. The van der Waals surface area contributed by atoms with E-state index < -0.39 is 0 Å². The fourth-order valence-corrected chi connectivity index (χ4v) is 2.80. The number of methoxy groups -OCH3 is 1. The van der Waals surface area contributed by atoms with Gasteiger partial charge in [0.1, 0.15) is 5.75 Å². The summed E-state index contributed by atoms with van der Waals surface area (Å²) in [5.41, 5.74) is 1.92. The van der Waals surface area contributed by atoms with E-state index in [0.717, 1.165) is 21.3 Å². The van der Waals surface area contributed by atoms with Crippen LogP contribution in [0.25, 0.3) is 0 Å². The summed E-state index contributed by atoms with van der Waals surface area (Å²) in [5, 5.41) is 5.87. The summed E-state index contributed by atoms with van der Waals surface area (Å²) < 4.78 is 6.24. The maximum atomic E-state index is 11.8. The molecule has 4 nitrogen and oxygen atoms in total. The fourth-order valence-electron chi connectivity index (χ4n) is 2.42. The Morgan fingerprint density at radius 1 is 1.27 bits per heavy atom. The Balaban J connectivity index is 1.82. The number of amides is 1. The van der Waals surface area contributed by atoms with Crippen molar-refractivity contribution < 1.29 is 9.53 Å². The quantitative estimate of drug-likeness (QED) is 0.616. The van der Waals surface area contributed by atoms with Crippen molar-refractivity contribution in [1.82, 2.24) is 5.01 Å². The number of benzene rings is 2. The largest absolute Gasteiger partial charge is 0.496 e. The highest BCUT2D eigenvalue weighted by molar-refractivity contribution is 9.10. The molecular weight excluding hydrogens is 344 g/mol. The number of β-lactam (4-membered cyclic amide) rings is 1. The Hall–Kier alpha value is -2.14. The molecule has 3 rings (SSSR count). The topological polar surface area (TPSA) is 41.9 Å². The van der Waals surface area contributed by atoms with Crippen LogP contribution in [-0.2, 0) is 4.79 Å². The maximum absolute atomic E-state index is 11.8. The van der Waals surface area contributed by atoms with E-state index in [1.54, 1.807) is 13.3 Å². The van der Waals surface area contributed by atoms with Gasteiger partial charge in [-0.25, -0.2) is 5.01 Å². The van der Waals surface area contributed by atoms with Gasteiger partial charge in [-0.1, -0.05) is 46.3 Å². The van der Waals surface area contributed by atoms with Gasteiger partial charge in [-0.2, -0.15) is 5.10 Å². The van der Waals surface area contributed by atoms with Crippen LogP contribution >= 0.6 is 15.9 Å². The van der Waals surface area contributed by atoms with Crippen molar-refractivity contribution in [1.29, 1.82) is 0 Å². The molecule has 1 heterocycles. The van der Waals surface area contributed by atoms with E-state index in [4.69, 9.17) is 4.74 Å². The van der Waals surface area contributed by atoms with Gasteiger partial charge in [0.2, 0.25) is 5.91 Å². The predicted octanol–water partition coefficient (Wildman–Crippen LogP) is 3.77. The summed E-state index contributed by atoms with van der Waals surface area (Å²) in [7, 11) is 1.61. The van der Waals surface area contributed by atoms with Crippen LogP contribution < -0.4 is 4.74 Å². The highest BCUT2D eigenvalue weighted by Gasteiger charge is 2.37. The number of carbonyl (C=O) groups excluding carboxylic acids is 1. The molecule has 1 amide bonds. The molecular formula is C17H15BrN2O2. The molecule has 0 bridgehead atoms. The van der Waals surface area contributed by atoms with Gasteiger partial charge in [-0.15, -0.1) is 0 Å². The van der Waals surface area contributed by atoms with Crippen molar-refractivity contribution in [3.05, 3.63) is 64.1 Å². The molecule has 112 valence electrons.